The summed E-state index contributed by atoms with van der Waals surface area (Å²) in [5, 5.41) is 0. The lowest BCUT2D eigenvalue weighted by Crippen LogP contribution is -2.22. The van der Waals surface area contributed by atoms with Gasteiger partial charge in [0.2, 0.25) is 0 Å². The molecule has 1 aliphatic rings. The van der Waals surface area contributed by atoms with Gasteiger partial charge >= 0.3 is 0 Å². The van der Waals surface area contributed by atoms with Crippen LogP contribution in [-0.2, 0) is 4.74 Å². The van der Waals surface area contributed by atoms with Crippen LogP contribution in [0.2, 0.25) is 0 Å². The Morgan fingerprint density at radius 1 is 1.46 bits per heavy atom. The molecule has 13 heavy (non-hydrogen) atoms. The maximum Gasteiger partial charge on any atom is 0.123 e. The molecule has 1 unspecified atom stereocenters. The summed E-state index contributed by atoms with van der Waals surface area (Å²) in [5.74, 6) is -0.195. The number of likely N-dealkylation sites (N-methyl/N-ethyl adjacent to an activating group) is 1. The summed E-state index contributed by atoms with van der Waals surface area (Å²) in [4.78, 5) is 2.07. The summed E-state index contributed by atoms with van der Waals surface area (Å²) < 4.78 is 17.7. The zero-order valence-corrected chi connectivity index (χ0v) is 7.53. The van der Waals surface area contributed by atoms with E-state index in [2.05, 4.69) is 4.90 Å². The van der Waals surface area contributed by atoms with E-state index in [0.717, 1.165) is 18.8 Å². The molecular weight excluding hydrogens is 169 g/mol. The molecule has 2 nitrogen and oxygen atoms in total. The molecule has 0 spiro atoms. The maximum atomic E-state index is 12.6. The molecule has 0 radical (unpaired) electrons. The van der Waals surface area contributed by atoms with Crippen LogP contribution in [0.25, 0.3) is 0 Å². The molecule has 70 valence electrons. The van der Waals surface area contributed by atoms with Gasteiger partial charge in [0.1, 0.15) is 5.82 Å². The third kappa shape index (κ3) is 2.18. The second-order valence-corrected chi connectivity index (χ2v) is 3.31. The van der Waals surface area contributed by atoms with Crippen LogP contribution >= 0.6 is 0 Å². The summed E-state index contributed by atoms with van der Waals surface area (Å²) in [7, 11) is 1.98. The Labute approximate surface area is 76.9 Å². The molecule has 1 aromatic rings. The topological polar surface area (TPSA) is 15.8 Å². The summed E-state index contributed by atoms with van der Waals surface area (Å²) in [6.45, 7) is 1.73. The van der Waals surface area contributed by atoms with Crippen molar-refractivity contribution >= 4 is 5.69 Å². The molecule has 0 saturated carbocycles. The van der Waals surface area contributed by atoms with Gasteiger partial charge in [-0.2, -0.15) is 0 Å². The van der Waals surface area contributed by atoms with Gasteiger partial charge in [-0.05, 0) is 24.3 Å². The van der Waals surface area contributed by atoms with Crippen molar-refractivity contribution in [3.8, 4) is 0 Å². The van der Waals surface area contributed by atoms with E-state index >= 15 is 0 Å². The normalized spacial score (nSPS) is 20.0. The molecule has 1 saturated heterocycles. The van der Waals surface area contributed by atoms with Gasteiger partial charge < -0.3 is 9.64 Å². The number of nitrogens with zero attached hydrogens (tertiary/aromatic N) is 1. The lowest BCUT2D eigenvalue weighted by molar-refractivity contribution is 0.410. The van der Waals surface area contributed by atoms with Gasteiger partial charge in [-0.15, -0.1) is 0 Å². The van der Waals surface area contributed by atoms with Crippen molar-refractivity contribution in [1.82, 2.24) is 0 Å². The van der Waals surface area contributed by atoms with E-state index in [-0.39, 0.29) is 5.82 Å². The van der Waals surface area contributed by atoms with Crippen LogP contribution in [0.1, 0.15) is 0 Å². The number of halogens is 1. The smallest absolute Gasteiger partial charge is 0.123 e. The summed E-state index contributed by atoms with van der Waals surface area (Å²) in [5.41, 5.74) is 1.02. The highest BCUT2D eigenvalue weighted by Crippen LogP contribution is 2.17. The quantitative estimate of drug-likeness (QED) is 0.659. The molecule has 0 amide bonds. The Kier molecular flexibility index (Phi) is 2.19. The average Bonchev–Trinajstić information content (AvgIpc) is 2.89. The van der Waals surface area contributed by atoms with E-state index in [0.29, 0.717) is 6.10 Å². The van der Waals surface area contributed by atoms with Crippen molar-refractivity contribution in [3.05, 3.63) is 30.1 Å². The van der Waals surface area contributed by atoms with E-state index in [4.69, 9.17) is 4.74 Å². The third-order valence-electron chi connectivity index (χ3n) is 2.15. The fraction of sp³-hybridized carbons (Fsp3) is 0.400. The largest absolute Gasteiger partial charge is 0.372 e. The Hall–Kier alpha value is -1.09. The van der Waals surface area contributed by atoms with Crippen LogP contribution < -0.4 is 4.90 Å². The number of ether oxygens (including phenoxy) is 1. The van der Waals surface area contributed by atoms with Crippen LogP contribution in [0.5, 0.6) is 0 Å². The second-order valence-electron chi connectivity index (χ2n) is 3.31. The fourth-order valence-electron chi connectivity index (χ4n) is 1.28. The Morgan fingerprint density at radius 2 is 2.08 bits per heavy atom. The number of epoxide rings is 1. The first-order chi connectivity index (χ1) is 6.25. The van der Waals surface area contributed by atoms with Gasteiger partial charge in [0.15, 0.2) is 0 Å². The molecule has 2 rings (SSSR count). The van der Waals surface area contributed by atoms with Gasteiger partial charge in [0, 0.05) is 19.3 Å². The van der Waals surface area contributed by atoms with Crippen LogP contribution in [0.15, 0.2) is 24.3 Å². The van der Waals surface area contributed by atoms with Gasteiger partial charge in [-0.25, -0.2) is 4.39 Å². The number of anilines is 1. The van der Waals surface area contributed by atoms with E-state index in [1.807, 2.05) is 7.05 Å². The SMILES string of the molecule is CN(CC1CO1)c1ccc(F)cc1. The first kappa shape index (κ1) is 8.51. The van der Waals surface area contributed by atoms with E-state index in [1.165, 1.54) is 12.1 Å². The first-order valence-corrected chi connectivity index (χ1v) is 4.34. The molecule has 3 heteroatoms. The van der Waals surface area contributed by atoms with Crippen LogP contribution in [0.3, 0.4) is 0 Å². The van der Waals surface area contributed by atoms with Gasteiger partial charge in [0.05, 0.1) is 12.7 Å². The van der Waals surface area contributed by atoms with Crippen molar-refractivity contribution in [1.29, 1.82) is 0 Å². The molecule has 1 heterocycles. The van der Waals surface area contributed by atoms with Gasteiger partial charge in [-0.3, -0.25) is 0 Å². The summed E-state index contributed by atoms with van der Waals surface area (Å²) >= 11 is 0. The standard InChI is InChI=1S/C10H12FNO/c1-12(6-10-7-13-10)9-4-2-8(11)3-5-9/h2-5,10H,6-7H2,1H3. The average molecular weight is 181 g/mol. The minimum absolute atomic E-state index is 0.195. The second kappa shape index (κ2) is 3.34. The highest BCUT2D eigenvalue weighted by molar-refractivity contribution is 5.45. The molecule has 1 atom stereocenters. The highest BCUT2D eigenvalue weighted by atomic mass is 19.1. The van der Waals surface area contributed by atoms with Crippen molar-refractivity contribution in [2.45, 2.75) is 6.10 Å². The van der Waals surface area contributed by atoms with E-state index in [9.17, 15) is 4.39 Å². The van der Waals surface area contributed by atoms with Crippen molar-refractivity contribution in [2.75, 3.05) is 25.1 Å². The van der Waals surface area contributed by atoms with E-state index in [1.54, 1.807) is 12.1 Å². The van der Waals surface area contributed by atoms with E-state index < -0.39 is 0 Å². The lowest BCUT2D eigenvalue weighted by Gasteiger charge is -2.17. The van der Waals surface area contributed by atoms with Crippen molar-refractivity contribution in [2.24, 2.45) is 0 Å². The third-order valence-corrected chi connectivity index (χ3v) is 2.15. The molecule has 0 aliphatic carbocycles. The van der Waals surface area contributed by atoms with Crippen molar-refractivity contribution < 1.29 is 9.13 Å². The molecule has 1 aliphatic heterocycles. The van der Waals surface area contributed by atoms with Crippen LogP contribution in [-0.4, -0.2) is 26.3 Å². The Balaban J connectivity index is 2.01. The lowest BCUT2D eigenvalue weighted by atomic mass is 10.3. The summed E-state index contributed by atoms with van der Waals surface area (Å²) in [6, 6.07) is 6.49. The predicted molar refractivity (Wildman–Crippen MR) is 49.4 cm³/mol. The molecule has 1 aromatic carbocycles. The predicted octanol–water partition coefficient (Wildman–Crippen LogP) is 1.66. The first-order valence-electron chi connectivity index (χ1n) is 4.34. The van der Waals surface area contributed by atoms with Gasteiger partial charge in [-0.1, -0.05) is 0 Å². The van der Waals surface area contributed by atoms with Crippen LogP contribution in [0.4, 0.5) is 10.1 Å². The Morgan fingerprint density at radius 3 is 2.62 bits per heavy atom. The molecule has 0 N–H and O–H groups in total. The minimum atomic E-state index is -0.195. The highest BCUT2D eigenvalue weighted by Gasteiger charge is 2.23. The maximum absolute atomic E-state index is 12.6. The zero-order valence-electron chi connectivity index (χ0n) is 7.53. The van der Waals surface area contributed by atoms with Crippen molar-refractivity contribution in [3.63, 3.8) is 0 Å². The number of rotatable bonds is 3. The monoisotopic (exact) mass is 181 g/mol. The fourth-order valence-corrected chi connectivity index (χ4v) is 1.28. The minimum Gasteiger partial charge on any atom is -0.372 e. The number of hydrogen-bond donors (Lipinski definition) is 0. The summed E-state index contributed by atoms with van der Waals surface area (Å²) in [6.07, 6.45) is 0.370. The number of benzene rings is 1. The molecular formula is C10H12FNO. The molecule has 0 bridgehead atoms. The number of hydrogen-bond acceptors (Lipinski definition) is 2. The Bertz CT molecular complexity index is 281. The molecule has 0 aromatic heterocycles. The van der Waals surface area contributed by atoms with Crippen LogP contribution in [0, 0.1) is 5.82 Å². The molecule has 1 fully saturated rings. The van der Waals surface area contributed by atoms with Gasteiger partial charge in [0.25, 0.3) is 0 Å². The zero-order chi connectivity index (χ0) is 9.26.